The Hall–Kier alpha value is -1.71. The summed E-state index contributed by atoms with van der Waals surface area (Å²) >= 11 is 0. The van der Waals surface area contributed by atoms with Crippen molar-refractivity contribution < 1.29 is 0 Å². The summed E-state index contributed by atoms with van der Waals surface area (Å²) in [6, 6.07) is 8.96. The van der Waals surface area contributed by atoms with Crippen molar-refractivity contribution in [2.75, 3.05) is 26.7 Å². The second-order valence-corrected chi connectivity index (χ2v) is 7.54. The first kappa shape index (κ1) is 18.1. The molecule has 0 unspecified atom stereocenters. The first-order valence-corrected chi connectivity index (χ1v) is 9.50. The van der Waals surface area contributed by atoms with Crippen LogP contribution in [0.5, 0.6) is 0 Å². The molecule has 1 aromatic carbocycles. The Bertz CT molecular complexity index is 650. The highest BCUT2D eigenvalue weighted by Crippen LogP contribution is 2.25. The van der Waals surface area contributed by atoms with Crippen molar-refractivity contribution in [1.29, 1.82) is 0 Å². The molecule has 0 spiro atoms. The van der Waals surface area contributed by atoms with E-state index in [1.807, 2.05) is 18.5 Å². The lowest BCUT2D eigenvalue weighted by atomic mass is 10.0. The molecule has 2 heterocycles. The number of aromatic nitrogens is 1. The van der Waals surface area contributed by atoms with Gasteiger partial charge in [0.05, 0.1) is 0 Å². The van der Waals surface area contributed by atoms with Gasteiger partial charge in [0.1, 0.15) is 0 Å². The summed E-state index contributed by atoms with van der Waals surface area (Å²) in [5.41, 5.74) is 7.26. The maximum absolute atomic E-state index is 4.18. The molecule has 25 heavy (non-hydrogen) atoms. The molecule has 1 aliphatic rings. The third-order valence-corrected chi connectivity index (χ3v) is 5.35. The monoisotopic (exact) mass is 337 g/mol. The van der Waals surface area contributed by atoms with Gasteiger partial charge in [0.2, 0.25) is 0 Å². The fourth-order valence-electron chi connectivity index (χ4n) is 3.70. The van der Waals surface area contributed by atoms with Crippen LogP contribution in [-0.4, -0.2) is 41.5 Å². The van der Waals surface area contributed by atoms with E-state index in [0.717, 1.165) is 26.1 Å². The molecule has 0 N–H and O–H groups in total. The normalized spacial score (nSPS) is 14.2. The second kappa shape index (κ2) is 8.59. The molecule has 0 fully saturated rings. The molecule has 0 saturated carbocycles. The van der Waals surface area contributed by atoms with Gasteiger partial charge in [0.25, 0.3) is 0 Å². The minimum atomic E-state index is 1.12. The van der Waals surface area contributed by atoms with E-state index in [1.54, 1.807) is 0 Å². The molecule has 0 amide bonds. The van der Waals surface area contributed by atoms with Crippen LogP contribution < -0.4 is 0 Å². The largest absolute Gasteiger partial charge is 0.306 e. The van der Waals surface area contributed by atoms with Gasteiger partial charge in [-0.2, -0.15) is 0 Å². The van der Waals surface area contributed by atoms with E-state index in [-0.39, 0.29) is 0 Å². The van der Waals surface area contributed by atoms with Crippen LogP contribution in [0.4, 0.5) is 0 Å². The number of fused-ring (bicyclic) bond motifs is 1. The van der Waals surface area contributed by atoms with Crippen LogP contribution in [0.25, 0.3) is 0 Å². The van der Waals surface area contributed by atoms with E-state index in [4.69, 9.17) is 0 Å². The lowest BCUT2D eigenvalue weighted by Gasteiger charge is -2.19. The molecule has 3 nitrogen and oxygen atoms in total. The molecule has 0 radical (unpaired) electrons. The molecule has 0 aliphatic carbocycles. The standard InChI is InChI=1S/C22H31N3/c1-18-13-21-16-25(17-22(21)14-19(18)2)12-6-11-24(3)10-5-8-20-7-4-9-23-15-20/h4,7,9,13-15H,5-6,8,10-12,16-17H2,1-3H3. The van der Waals surface area contributed by atoms with Gasteiger partial charge in [0.15, 0.2) is 0 Å². The van der Waals surface area contributed by atoms with Crippen molar-refractivity contribution in [3.63, 3.8) is 0 Å². The highest BCUT2D eigenvalue weighted by molar-refractivity contribution is 5.39. The maximum atomic E-state index is 4.18. The zero-order valence-corrected chi connectivity index (χ0v) is 16.0. The predicted molar refractivity (Wildman–Crippen MR) is 105 cm³/mol. The maximum Gasteiger partial charge on any atom is 0.0299 e. The van der Waals surface area contributed by atoms with Gasteiger partial charge in [-0.25, -0.2) is 0 Å². The second-order valence-electron chi connectivity index (χ2n) is 7.54. The minimum absolute atomic E-state index is 1.12. The summed E-state index contributed by atoms with van der Waals surface area (Å²) in [4.78, 5) is 9.24. The fourth-order valence-corrected chi connectivity index (χ4v) is 3.70. The average molecular weight is 338 g/mol. The quantitative estimate of drug-likeness (QED) is 0.726. The first-order valence-electron chi connectivity index (χ1n) is 9.50. The number of hydrogen-bond acceptors (Lipinski definition) is 3. The van der Waals surface area contributed by atoms with E-state index >= 15 is 0 Å². The van der Waals surface area contributed by atoms with Crippen molar-refractivity contribution in [3.8, 4) is 0 Å². The molecule has 3 heteroatoms. The van der Waals surface area contributed by atoms with Crippen molar-refractivity contribution in [2.45, 2.75) is 46.2 Å². The molecule has 0 saturated heterocycles. The number of rotatable bonds is 8. The lowest BCUT2D eigenvalue weighted by Crippen LogP contribution is -2.26. The zero-order valence-electron chi connectivity index (χ0n) is 16.0. The molecular weight excluding hydrogens is 306 g/mol. The Labute approximate surface area is 152 Å². The van der Waals surface area contributed by atoms with Gasteiger partial charge in [-0.1, -0.05) is 18.2 Å². The third kappa shape index (κ3) is 5.13. The van der Waals surface area contributed by atoms with Gasteiger partial charge in [-0.3, -0.25) is 9.88 Å². The number of benzene rings is 1. The van der Waals surface area contributed by atoms with Gasteiger partial charge in [-0.15, -0.1) is 0 Å². The van der Waals surface area contributed by atoms with E-state index in [0.29, 0.717) is 0 Å². The zero-order chi connectivity index (χ0) is 17.6. The summed E-state index contributed by atoms with van der Waals surface area (Å²) in [5, 5.41) is 0. The van der Waals surface area contributed by atoms with E-state index < -0.39 is 0 Å². The number of aryl methyl sites for hydroxylation is 3. The SMILES string of the molecule is Cc1cc2c(cc1C)CN(CCCN(C)CCCc1cccnc1)C2. The van der Waals surface area contributed by atoms with Gasteiger partial charge in [0, 0.05) is 32.0 Å². The molecule has 3 rings (SSSR count). The number of nitrogens with zero attached hydrogens (tertiary/aromatic N) is 3. The van der Waals surface area contributed by atoms with Crippen LogP contribution >= 0.6 is 0 Å². The molecule has 2 aromatic rings. The third-order valence-electron chi connectivity index (χ3n) is 5.35. The van der Waals surface area contributed by atoms with Crippen LogP contribution in [0.1, 0.15) is 40.7 Å². The molecule has 134 valence electrons. The Morgan fingerprint density at radius 3 is 2.36 bits per heavy atom. The molecular formula is C22H31N3. The van der Waals surface area contributed by atoms with Crippen LogP contribution in [0, 0.1) is 13.8 Å². The number of pyridine rings is 1. The van der Waals surface area contributed by atoms with Gasteiger partial charge in [-0.05, 0) is 87.1 Å². The van der Waals surface area contributed by atoms with E-state index in [9.17, 15) is 0 Å². The smallest absolute Gasteiger partial charge is 0.0299 e. The Morgan fingerprint density at radius 2 is 1.72 bits per heavy atom. The summed E-state index contributed by atoms with van der Waals surface area (Å²) in [7, 11) is 2.24. The summed E-state index contributed by atoms with van der Waals surface area (Å²) in [6.45, 7) is 10.2. The fraction of sp³-hybridized carbons (Fsp3) is 0.500. The summed E-state index contributed by atoms with van der Waals surface area (Å²) < 4.78 is 0. The van der Waals surface area contributed by atoms with E-state index in [2.05, 4.69) is 53.9 Å². The van der Waals surface area contributed by atoms with Crippen molar-refractivity contribution in [3.05, 3.63) is 64.5 Å². The highest BCUT2D eigenvalue weighted by atomic mass is 15.1. The van der Waals surface area contributed by atoms with E-state index in [1.165, 1.54) is 53.7 Å². The predicted octanol–water partition coefficient (Wildman–Crippen LogP) is 3.97. The lowest BCUT2D eigenvalue weighted by molar-refractivity contribution is 0.249. The first-order chi connectivity index (χ1) is 12.1. The van der Waals surface area contributed by atoms with Gasteiger partial charge >= 0.3 is 0 Å². The van der Waals surface area contributed by atoms with Crippen LogP contribution in [0.15, 0.2) is 36.7 Å². The van der Waals surface area contributed by atoms with Crippen molar-refractivity contribution in [1.82, 2.24) is 14.8 Å². The molecule has 0 bridgehead atoms. The topological polar surface area (TPSA) is 19.4 Å². The Kier molecular flexibility index (Phi) is 6.22. The van der Waals surface area contributed by atoms with Crippen LogP contribution in [0.2, 0.25) is 0 Å². The molecule has 1 aliphatic heterocycles. The van der Waals surface area contributed by atoms with Crippen molar-refractivity contribution in [2.24, 2.45) is 0 Å². The Balaban J connectivity index is 1.33. The summed E-state index contributed by atoms with van der Waals surface area (Å²) in [6.07, 6.45) is 7.40. The van der Waals surface area contributed by atoms with Crippen molar-refractivity contribution >= 4 is 0 Å². The number of hydrogen-bond donors (Lipinski definition) is 0. The average Bonchev–Trinajstić information content (AvgIpc) is 2.98. The summed E-state index contributed by atoms with van der Waals surface area (Å²) in [5.74, 6) is 0. The van der Waals surface area contributed by atoms with Crippen LogP contribution in [-0.2, 0) is 19.5 Å². The van der Waals surface area contributed by atoms with Gasteiger partial charge < -0.3 is 4.90 Å². The molecule has 1 aromatic heterocycles. The minimum Gasteiger partial charge on any atom is -0.306 e. The Morgan fingerprint density at radius 1 is 1.04 bits per heavy atom. The van der Waals surface area contributed by atoms with Crippen LogP contribution in [0.3, 0.4) is 0 Å². The highest BCUT2D eigenvalue weighted by Gasteiger charge is 2.19. The molecule has 0 atom stereocenters.